The number of nitrogens with zero attached hydrogens (tertiary/aromatic N) is 3. The molecule has 3 heteroatoms. The topological polar surface area (TPSA) is 28.0 Å². The van der Waals surface area contributed by atoms with Gasteiger partial charge in [0.05, 0.1) is 17.8 Å². The summed E-state index contributed by atoms with van der Waals surface area (Å²) in [7, 11) is 0. The van der Waals surface area contributed by atoms with Crippen molar-refractivity contribution in [3.8, 4) is 0 Å². The van der Waals surface area contributed by atoms with E-state index in [1.807, 2.05) is 0 Å². The number of benzene rings is 1. The van der Waals surface area contributed by atoms with Crippen molar-refractivity contribution in [3.05, 3.63) is 42.5 Å². The van der Waals surface area contributed by atoms with Gasteiger partial charge in [0.2, 0.25) is 0 Å². The normalized spacial score (nSPS) is 44.9. The first-order valence-corrected chi connectivity index (χ1v) is 7.35. The molecule has 3 aliphatic carbocycles. The Balaban J connectivity index is 1.53. The zero-order valence-corrected chi connectivity index (χ0v) is 10.8. The average Bonchev–Trinajstić information content (AvgIpc) is 3.17. The Morgan fingerprint density at radius 2 is 1.95 bits per heavy atom. The number of hydrogen-bond acceptors (Lipinski definition) is 3. The third-order valence-corrected chi connectivity index (χ3v) is 5.66. The van der Waals surface area contributed by atoms with Crippen LogP contribution in [0.15, 0.2) is 52.8 Å². The largest absolute Gasteiger partial charge is 0.242 e. The van der Waals surface area contributed by atoms with E-state index >= 15 is 0 Å². The van der Waals surface area contributed by atoms with Gasteiger partial charge in [-0.3, -0.25) is 0 Å². The van der Waals surface area contributed by atoms with Crippen molar-refractivity contribution in [2.45, 2.75) is 24.9 Å². The Morgan fingerprint density at radius 1 is 1.05 bits per heavy atom. The summed E-state index contributed by atoms with van der Waals surface area (Å²) in [4.78, 5) is 0. The van der Waals surface area contributed by atoms with Crippen LogP contribution >= 0.6 is 0 Å². The summed E-state index contributed by atoms with van der Waals surface area (Å²) in [5.41, 5.74) is 1.20. The van der Waals surface area contributed by atoms with E-state index in [-0.39, 0.29) is 0 Å². The molecule has 1 heterocycles. The van der Waals surface area contributed by atoms with Crippen molar-refractivity contribution in [1.29, 1.82) is 0 Å². The molecule has 0 radical (unpaired) electrons. The molecule has 0 saturated heterocycles. The molecule has 1 aliphatic heterocycles. The van der Waals surface area contributed by atoms with Crippen molar-refractivity contribution in [3.63, 3.8) is 0 Å². The fraction of sp³-hybridized carbons (Fsp3) is 0.500. The molecule has 0 unspecified atom stereocenters. The van der Waals surface area contributed by atoms with Crippen LogP contribution in [0.4, 0.5) is 5.69 Å². The highest BCUT2D eigenvalue weighted by Gasteiger charge is 2.61. The summed E-state index contributed by atoms with van der Waals surface area (Å²) >= 11 is 0. The Bertz CT molecular complexity index is 565. The van der Waals surface area contributed by atoms with Gasteiger partial charge in [-0.1, -0.05) is 35.6 Å². The molecule has 5 rings (SSSR count). The fourth-order valence-electron chi connectivity index (χ4n) is 4.99. The minimum absolute atomic E-state index is 0.439. The fourth-order valence-corrected chi connectivity index (χ4v) is 4.99. The Morgan fingerprint density at radius 3 is 2.84 bits per heavy atom. The molecule has 3 nitrogen and oxygen atoms in total. The van der Waals surface area contributed by atoms with Gasteiger partial charge >= 0.3 is 0 Å². The van der Waals surface area contributed by atoms with Gasteiger partial charge in [0.1, 0.15) is 0 Å². The van der Waals surface area contributed by atoms with Crippen LogP contribution in [0.3, 0.4) is 0 Å². The molecule has 96 valence electrons. The summed E-state index contributed by atoms with van der Waals surface area (Å²) in [5.74, 6) is 3.18. The number of fused-ring (bicyclic) bond motifs is 8. The molecule has 19 heavy (non-hydrogen) atoms. The van der Waals surface area contributed by atoms with Gasteiger partial charge in [-0.25, -0.2) is 5.01 Å². The Labute approximate surface area is 113 Å². The number of para-hydroxylation sites is 1. The SMILES string of the molecule is C1=C[C@H]2[C@H]3C[C@H]([C@H]2C1)[C@@H]1[C@H]3N=NN1c1ccccc1. The quantitative estimate of drug-likeness (QED) is 0.702. The Kier molecular flexibility index (Phi) is 1.86. The summed E-state index contributed by atoms with van der Waals surface area (Å²) in [6.45, 7) is 0. The first-order chi connectivity index (χ1) is 9.43. The van der Waals surface area contributed by atoms with Crippen LogP contribution < -0.4 is 5.01 Å². The maximum absolute atomic E-state index is 4.62. The van der Waals surface area contributed by atoms with Crippen molar-refractivity contribution in [2.75, 3.05) is 5.01 Å². The first kappa shape index (κ1) is 10.2. The zero-order valence-electron chi connectivity index (χ0n) is 10.8. The van der Waals surface area contributed by atoms with Gasteiger partial charge in [0, 0.05) is 0 Å². The monoisotopic (exact) mass is 251 g/mol. The van der Waals surface area contributed by atoms with Crippen LogP contribution in [0.2, 0.25) is 0 Å². The second-order valence-corrected chi connectivity index (χ2v) is 6.33. The maximum atomic E-state index is 4.62. The van der Waals surface area contributed by atoms with Crippen LogP contribution in [0, 0.1) is 23.7 Å². The molecule has 0 amide bonds. The van der Waals surface area contributed by atoms with E-state index in [0.717, 1.165) is 23.7 Å². The molecule has 1 aromatic rings. The summed E-state index contributed by atoms with van der Waals surface area (Å²) in [6, 6.07) is 11.5. The average molecular weight is 251 g/mol. The molecule has 0 aromatic heterocycles. The molecule has 4 aliphatic rings. The van der Waals surface area contributed by atoms with Crippen LogP contribution in [-0.4, -0.2) is 12.1 Å². The highest BCUT2D eigenvalue weighted by atomic mass is 15.6. The van der Waals surface area contributed by atoms with Gasteiger partial charge in [0.25, 0.3) is 0 Å². The lowest BCUT2D eigenvalue weighted by Crippen LogP contribution is -2.44. The van der Waals surface area contributed by atoms with E-state index in [1.54, 1.807) is 0 Å². The third-order valence-electron chi connectivity index (χ3n) is 5.66. The smallest absolute Gasteiger partial charge is 0.0990 e. The zero-order chi connectivity index (χ0) is 12.4. The molecule has 0 spiro atoms. The lowest BCUT2D eigenvalue weighted by Gasteiger charge is -2.35. The minimum atomic E-state index is 0.439. The number of hydrogen-bond donors (Lipinski definition) is 0. The number of allylic oxidation sites excluding steroid dienone is 2. The van der Waals surface area contributed by atoms with Gasteiger partial charge in [0.15, 0.2) is 0 Å². The van der Waals surface area contributed by atoms with Crippen LogP contribution in [-0.2, 0) is 0 Å². The lowest BCUT2D eigenvalue weighted by atomic mass is 9.76. The minimum Gasteiger partial charge on any atom is -0.242 e. The second-order valence-electron chi connectivity index (χ2n) is 6.33. The molecule has 1 aromatic carbocycles. The highest BCUT2D eigenvalue weighted by molar-refractivity contribution is 5.48. The summed E-state index contributed by atoms with van der Waals surface area (Å²) in [6.07, 6.45) is 7.47. The van der Waals surface area contributed by atoms with E-state index in [2.05, 4.69) is 57.8 Å². The van der Waals surface area contributed by atoms with Gasteiger partial charge in [-0.15, -0.1) is 0 Å². The van der Waals surface area contributed by atoms with Crippen LogP contribution in [0.25, 0.3) is 0 Å². The molecule has 2 fully saturated rings. The van der Waals surface area contributed by atoms with Crippen LogP contribution in [0.5, 0.6) is 0 Å². The van der Waals surface area contributed by atoms with E-state index in [4.69, 9.17) is 0 Å². The van der Waals surface area contributed by atoms with Crippen molar-refractivity contribution in [2.24, 2.45) is 34.0 Å². The van der Waals surface area contributed by atoms with Crippen molar-refractivity contribution < 1.29 is 0 Å². The number of anilines is 1. The van der Waals surface area contributed by atoms with Gasteiger partial charge < -0.3 is 0 Å². The van der Waals surface area contributed by atoms with Gasteiger partial charge in [-0.05, 0) is 48.6 Å². The third kappa shape index (κ3) is 1.18. The van der Waals surface area contributed by atoms with Gasteiger partial charge in [-0.2, -0.15) is 5.11 Å². The summed E-state index contributed by atoms with van der Waals surface area (Å²) < 4.78 is 0. The first-order valence-electron chi connectivity index (χ1n) is 7.35. The Hall–Kier alpha value is -1.64. The molecule has 0 N–H and O–H groups in total. The molecule has 6 atom stereocenters. The molecule has 2 bridgehead atoms. The maximum Gasteiger partial charge on any atom is 0.0990 e. The molecular formula is C16H17N3. The predicted molar refractivity (Wildman–Crippen MR) is 73.7 cm³/mol. The molecule has 2 saturated carbocycles. The van der Waals surface area contributed by atoms with E-state index in [9.17, 15) is 0 Å². The van der Waals surface area contributed by atoms with E-state index in [1.165, 1.54) is 18.5 Å². The summed E-state index contributed by atoms with van der Waals surface area (Å²) in [5, 5.41) is 11.3. The predicted octanol–water partition coefficient (Wildman–Crippen LogP) is 3.45. The highest BCUT2D eigenvalue weighted by Crippen LogP contribution is 2.60. The van der Waals surface area contributed by atoms with Crippen molar-refractivity contribution >= 4 is 5.69 Å². The van der Waals surface area contributed by atoms with Crippen molar-refractivity contribution in [1.82, 2.24) is 0 Å². The number of rotatable bonds is 1. The van der Waals surface area contributed by atoms with E-state index in [0.29, 0.717) is 12.1 Å². The standard InChI is InChI=1S/C16H17N3/c1-2-5-10(6-3-1)19-16-14-9-13(15(16)17-18-19)11-7-4-8-12(11)14/h1-7,11-16H,8-9H2/t11-,12+,13-,14-,15+,16-/m1/s1. The molecular weight excluding hydrogens is 234 g/mol. The lowest BCUT2D eigenvalue weighted by molar-refractivity contribution is 0.238. The second kappa shape index (κ2) is 3.47. The van der Waals surface area contributed by atoms with E-state index < -0.39 is 0 Å². The van der Waals surface area contributed by atoms with Crippen LogP contribution in [0.1, 0.15) is 12.8 Å².